The van der Waals surface area contributed by atoms with Gasteiger partial charge in [-0.3, -0.25) is 4.79 Å². The molecule has 1 saturated heterocycles. The average Bonchev–Trinajstić information content (AvgIpc) is 3.63. The number of hydrogen-bond donors (Lipinski definition) is 2. The zero-order valence-corrected chi connectivity index (χ0v) is 24.1. The van der Waals surface area contributed by atoms with Crippen LogP contribution in [0.5, 0.6) is 0 Å². The lowest BCUT2D eigenvalue weighted by Crippen LogP contribution is -2.42. The maximum Gasteiger partial charge on any atom is 0.309 e. The molecule has 7 nitrogen and oxygen atoms in total. The molecule has 10 atom stereocenters. The molecule has 2 heterocycles. The van der Waals surface area contributed by atoms with Crippen molar-refractivity contribution in [1.82, 2.24) is 0 Å². The summed E-state index contributed by atoms with van der Waals surface area (Å²) >= 11 is 0. The molecular weight excluding hydrogens is 472 g/mol. The highest BCUT2D eigenvalue weighted by atomic mass is 16.6. The minimum Gasteiger partial charge on any atom is -0.457 e. The Morgan fingerprint density at radius 1 is 1.30 bits per heavy atom. The van der Waals surface area contributed by atoms with Crippen LogP contribution < -0.4 is 0 Å². The molecule has 0 aromatic carbocycles. The number of carbonyl (C=O) groups excluding carboxylic acids is 1. The topological polar surface area (TPSA) is 97.8 Å². The highest BCUT2D eigenvalue weighted by molar-refractivity contribution is 5.70. The Hall–Kier alpha value is -1.51. The Labute approximate surface area is 223 Å². The summed E-state index contributed by atoms with van der Waals surface area (Å²) in [6, 6.07) is 0. The predicted molar refractivity (Wildman–Crippen MR) is 145 cm³/mol. The van der Waals surface area contributed by atoms with E-state index >= 15 is 0 Å². The van der Waals surface area contributed by atoms with Gasteiger partial charge in [-0.05, 0) is 51.0 Å². The van der Waals surface area contributed by atoms with Crippen LogP contribution in [0.3, 0.4) is 0 Å². The third-order valence-corrected chi connectivity index (χ3v) is 8.04. The van der Waals surface area contributed by atoms with Gasteiger partial charge in [0.25, 0.3) is 0 Å². The zero-order chi connectivity index (χ0) is 27.8. The Morgan fingerprint density at radius 2 is 2.00 bits per heavy atom. The molecule has 0 aromatic rings. The van der Waals surface area contributed by atoms with Gasteiger partial charge >= 0.3 is 5.97 Å². The van der Waals surface area contributed by atoms with Crippen molar-refractivity contribution in [3.05, 3.63) is 36.0 Å². The monoisotopic (exact) mass is 522 g/mol. The summed E-state index contributed by atoms with van der Waals surface area (Å²) in [7, 11) is 3.29. The summed E-state index contributed by atoms with van der Waals surface area (Å²) in [5, 5.41) is 20.5. The first kappa shape index (κ1) is 31.7. The highest BCUT2D eigenvalue weighted by Gasteiger charge is 2.45. The van der Waals surface area contributed by atoms with Crippen molar-refractivity contribution in [2.24, 2.45) is 17.8 Å². The molecule has 2 aliphatic rings. The van der Waals surface area contributed by atoms with E-state index in [1.807, 2.05) is 52.0 Å². The van der Waals surface area contributed by atoms with Crippen LogP contribution in [-0.2, 0) is 23.7 Å². The van der Waals surface area contributed by atoms with Gasteiger partial charge in [-0.25, -0.2) is 0 Å². The zero-order valence-electron chi connectivity index (χ0n) is 24.1. The van der Waals surface area contributed by atoms with Crippen LogP contribution >= 0.6 is 0 Å². The first-order valence-electron chi connectivity index (χ1n) is 13.8. The van der Waals surface area contributed by atoms with Gasteiger partial charge in [0.1, 0.15) is 12.2 Å². The lowest BCUT2D eigenvalue weighted by atomic mass is 9.88. The standard InChI is InChI=1S/C30H50O7/c1-9-24(32)22(5)29-25(36-29)17-19(2)11-10-12-20(3)28-21(4)13-14-26(34-7)30(6,35-8)16-15-23(31)18-27(33)37-28/h10-14,19,21-26,28-29,31-32H,9,15-18H2,1-8H3. The molecule has 0 bridgehead atoms. The van der Waals surface area contributed by atoms with Gasteiger partial charge in [0, 0.05) is 26.1 Å². The SMILES string of the molecule is CCC(O)C(C)C1OC1CC(C)C=CC=C(C)C1OC(=O)CC(O)CCC(C)(OC)C(OC)C=CC1C. The predicted octanol–water partition coefficient (Wildman–Crippen LogP) is 4.76. The quantitative estimate of drug-likeness (QED) is 0.185. The summed E-state index contributed by atoms with van der Waals surface area (Å²) in [6.45, 7) is 12.1. The second-order valence-corrected chi connectivity index (χ2v) is 11.2. The summed E-state index contributed by atoms with van der Waals surface area (Å²) in [4.78, 5) is 12.6. The number of aliphatic hydroxyl groups excluding tert-OH is 2. The lowest BCUT2D eigenvalue weighted by Gasteiger charge is -2.35. The average molecular weight is 523 g/mol. The van der Waals surface area contributed by atoms with E-state index in [0.29, 0.717) is 18.8 Å². The molecule has 0 aliphatic carbocycles. The van der Waals surface area contributed by atoms with E-state index in [1.54, 1.807) is 14.2 Å². The number of aliphatic hydroxyl groups is 2. The number of epoxide rings is 1. The molecule has 212 valence electrons. The fraction of sp³-hybridized carbons (Fsp3) is 0.767. The van der Waals surface area contributed by atoms with Crippen molar-refractivity contribution in [3.63, 3.8) is 0 Å². The van der Waals surface area contributed by atoms with Crippen molar-refractivity contribution in [3.8, 4) is 0 Å². The Bertz CT molecular complexity index is 806. The fourth-order valence-electron chi connectivity index (χ4n) is 5.16. The Morgan fingerprint density at radius 3 is 2.62 bits per heavy atom. The molecule has 1 fully saturated rings. The Balaban J connectivity index is 2.10. The van der Waals surface area contributed by atoms with Crippen LogP contribution in [0.1, 0.15) is 73.6 Å². The van der Waals surface area contributed by atoms with Gasteiger partial charge in [0.15, 0.2) is 0 Å². The second-order valence-electron chi connectivity index (χ2n) is 11.2. The Kier molecular flexibility index (Phi) is 12.5. The molecule has 0 amide bonds. The second kappa shape index (κ2) is 14.6. The smallest absolute Gasteiger partial charge is 0.309 e. The van der Waals surface area contributed by atoms with Gasteiger partial charge in [-0.2, -0.15) is 0 Å². The third kappa shape index (κ3) is 9.32. The van der Waals surface area contributed by atoms with Gasteiger partial charge in [0.05, 0.1) is 36.4 Å². The van der Waals surface area contributed by atoms with Crippen molar-refractivity contribution in [2.75, 3.05) is 14.2 Å². The molecule has 0 saturated carbocycles. The number of cyclic esters (lactones) is 1. The van der Waals surface area contributed by atoms with E-state index in [0.717, 1.165) is 18.4 Å². The lowest BCUT2D eigenvalue weighted by molar-refractivity contribution is -0.151. The highest BCUT2D eigenvalue weighted by Crippen LogP contribution is 2.36. The van der Waals surface area contributed by atoms with Gasteiger partial charge in [-0.1, -0.05) is 58.1 Å². The summed E-state index contributed by atoms with van der Waals surface area (Å²) < 4.78 is 23.2. The van der Waals surface area contributed by atoms with Crippen LogP contribution in [0.4, 0.5) is 0 Å². The minimum atomic E-state index is -0.807. The molecule has 7 heteroatoms. The van der Waals surface area contributed by atoms with Crippen LogP contribution in [0, 0.1) is 17.8 Å². The van der Waals surface area contributed by atoms with Crippen molar-refractivity contribution >= 4 is 5.97 Å². The van der Waals surface area contributed by atoms with Crippen LogP contribution in [-0.4, -0.2) is 72.6 Å². The number of hydrogen-bond acceptors (Lipinski definition) is 7. The summed E-state index contributed by atoms with van der Waals surface area (Å²) in [5.41, 5.74) is 0.301. The maximum absolute atomic E-state index is 12.6. The van der Waals surface area contributed by atoms with Crippen LogP contribution in [0.2, 0.25) is 0 Å². The molecular formula is C30H50O7. The maximum atomic E-state index is 12.6. The number of esters is 1. The molecule has 2 aliphatic heterocycles. The fourth-order valence-corrected chi connectivity index (χ4v) is 5.16. The van der Waals surface area contributed by atoms with Gasteiger partial charge in [0.2, 0.25) is 0 Å². The largest absolute Gasteiger partial charge is 0.457 e. The van der Waals surface area contributed by atoms with Crippen LogP contribution in [0.15, 0.2) is 36.0 Å². The van der Waals surface area contributed by atoms with Gasteiger partial charge < -0.3 is 29.2 Å². The molecule has 0 radical (unpaired) electrons. The van der Waals surface area contributed by atoms with Gasteiger partial charge in [-0.15, -0.1) is 0 Å². The van der Waals surface area contributed by atoms with Crippen LogP contribution in [0.25, 0.3) is 0 Å². The van der Waals surface area contributed by atoms with E-state index < -0.39 is 23.8 Å². The number of rotatable bonds is 10. The molecule has 0 aromatic heterocycles. The molecule has 37 heavy (non-hydrogen) atoms. The van der Waals surface area contributed by atoms with Crippen molar-refractivity contribution in [1.29, 1.82) is 0 Å². The number of allylic oxidation sites excluding steroid dienone is 3. The first-order valence-corrected chi connectivity index (χ1v) is 13.8. The molecule has 2 N–H and O–H groups in total. The van der Waals surface area contributed by atoms with Crippen molar-refractivity contribution in [2.45, 2.75) is 116 Å². The molecule has 10 unspecified atom stereocenters. The van der Waals surface area contributed by atoms with E-state index in [-0.39, 0.29) is 42.7 Å². The third-order valence-electron chi connectivity index (χ3n) is 8.04. The molecule has 0 spiro atoms. The summed E-state index contributed by atoms with van der Waals surface area (Å²) in [6.07, 6.45) is 11.1. The summed E-state index contributed by atoms with van der Waals surface area (Å²) in [5.74, 6) is -0.0539. The van der Waals surface area contributed by atoms with Crippen molar-refractivity contribution < 1.29 is 34.0 Å². The minimum absolute atomic E-state index is 0.0573. The number of methoxy groups -OCH3 is 2. The van der Waals surface area contributed by atoms with E-state index in [2.05, 4.69) is 19.9 Å². The first-order chi connectivity index (χ1) is 17.4. The van der Waals surface area contributed by atoms with E-state index in [1.165, 1.54) is 0 Å². The molecule has 2 rings (SSSR count). The van der Waals surface area contributed by atoms with E-state index in [4.69, 9.17) is 18.9 Å². The normalized spacial score (nSPS) is 36.4. The number of ether oxygens (including phenoxy) is 4. The number of carbonyl (C=O) groups is 1. The van der Waals surface area contributed by atoms with E-state index in [9.17, 15) is 15.0 Å².